The van der Waals surface area contributed by atoms with Crippen molar-refractivity contribution in [2.75, 3.05) is 0 Å². The van der Waals surface area contributed by atoms with Crippen molar-refractivity contribution < 1.29 is 4.39 Å². The van der Waals surface area contributed by atoms with Gasteiger partial charge in [-0.1, -0.05) is 39.0 Å². The van der Waals surface area contributed by atoms with Gasteiger partial charge < -0.3 is 0 Å². The zero-order chi connectivity index (χ0) is 11.7. The summed E-state index contributed by atoms with van der Waals surface area (Å²) in [7, 11) is 0. The maximum Gasteiger partial charge on any atom is 0.149 e. The van der Waals surface area contributed by atoms with Crippen molar-refractivity contribution in [3.63, 3.8) is 0 Å². The predicted molar refractivity (Wildman–Crippen MR) is 65.0 cm³/mol. The van der Waals surface area contributed by atoms with Gasteiger partial charge in [-0.05, 0) is 18.1 Å². The average molecular weight is 217 g/mol. The number of fused-ring (bicyclic) bond motifs is 1. The number of aromatic nitrogens is 1. The lowest BCUT2D eigenvalue weighted by molar-refractivity contribution is 0.524. The van der Waals surface area contributed by atoms with E-state index in [-0.39, 0.29) is 5.82 Å². The van der Waals surface area contributed by atoms with E-state index >= 15 is 0 Å². The van der Waals surface area contributed by atoms with Gasteiger partial charge in [-0.3, -0.25) is 0 Å². The normalized spacial score (nSPS) is 13.3. The molecule has 0 saturated heterocycles. The predicted octanol–water partition coefficient (Wildman–Crippen LogP) is 4.13. The third kappa shape index (κ3) is 1.92. The molecular weight excluding hydrogens is 201 g/mol. The second-order valence-electron chi connectivity index (χ2n) is 4.58. The minimum Gasteiger partial charge on any atom is -0.249 e. The summed E-state index contributed by atoms with van der Waals surface area (Å²) in [5.74, 6) is 0.621. The molecule has 0 aliphatic heterocycles. The zero-order valence-corrected chi connectivity index (χ0v) is 9.87. The Balaban J connectivity index is 2.55. The third-order valence-corrected chi connectivity index (χ3v) is 3.16. The van der Waals surface area contributed by atoms with Crippen molar-refractivity contribution >= 4 is 10.9 Å². The molecule has 0 bridgehead atoms. The van der Waals surface area contributed by atoms with Crippen molar-refractivity contribution in [1.29, 1.82) is 0 Å². The van der Waals surface area contributed by atoms with Gasteiger partial charge in [0.15, 0.2) is 0 Å². The van der Waals surface area contributed by atoms with E-state index in [4.69, 9.17) is 0 Å². The second-order valence-corrected chi connectivity index (χ2v) is 4.58. The molecule has 84 valence electrons. The van der Waals surface area contributed by atoms with Crippen LogP contribution >= 0.6 is 0 Å². The Morgan fingerprint density at radius 3 is 2.50 bits per heavy atom. The topological polar surface area (TPSA) is 12.9 Å². The van der Waals surface area contributed by atoms with Gasteiger partial charge in [-0.15, -0.1) is 0 Å². The maximum atomic E-state index is 13.6. The van der Waals surface area contributed by atoms with Crippen molar-refractivity contribution in [2.45, 2.75) is 26.7 Å². The number of benzene rings is 1. The molecular formula is C14H16FN. The van der Waals surface area contributed by atoms with Gasteiger partial charge in [0.05, 0.1) is 0 Å². The highest BCUT2D eigenvalue weighted by molar-refractivity contribution is 5.79. The van der Waals surface area contributed by atoms with E-state index in [0.29, 0.717) is 17.4 Å². The van der Waals surface area contributed by atoms with Crippen molar-refractivity contribution in [1.82, 2.24) is 4.98 Å². The van der Waals surface area contributed by atoms with Crippen molar-refractivity contribution in [3.05, 3.63) is 41.8 Å². The Hall–Kier alpha value is -1.44. The summed E-state index contributed by atoms with van der Waals surface area (Å²) in [5, 5.41) is 0.861. The minimum absolute atomic E-state index is 0.240. The molecule has 0 N–H and O–H groups in total. The molecule has 0 radical (unpaired) electrons. The fraction of sp³-hybridized carbons (Fsp3) is 0.357. The van der Waals surface area contributed by atoms with Crippen LogP contribution < -0.4 is 0 Å². The molecule has 16 heavy (non-hydrogen) atoms. The lowest BCUT2D eigenvalue weighted by atomic mass is 9.94. The second kappa shape index (κ2) is 4.20. The minimum atomic E-state index is -0.240. The SMILES string of the molecule is CC(C)C(C)c1ccc2cccc(F)c2n1. The lowest BCUT2D eigenvalue weighted by Crippen LogP contribution is -2.04. The fourth-order valence-corrected chi connectivity index (χ4v) is 1.72. The Bertz CT molecular complexity index is 505. The van der Waals surface area contributed by atoms with E-state index in [1.165, 1.54) is 6.07 Å². The molecule has 0 aliphatic rings. The van der Waals surface area contributed by atoms with E-state index in [2.05, 4.69) is 25.8 Å². The van der Waals surface area contributed by atoms with Crippen LogP contribution in [0.5, 0.6) is 0 Å². The van der Waals surface area contributed by atoms with E-state index in [0.717, 1.165) is 11.1 Å². The quantitative estimate of drug-likeness (QED) is 0.737. The van der Waals surface area contributed by atoms with Crippen LogP contribution in [0.15, 0.2) is 30.3 Å². The standard InChI is InChI=1S/C14H16FN/c1-9(2)10(3)13-8-7-11-5-4-6-12(15)14(11)16-13/h4-10H,1-3H3. The Morgan fingerprint density at radius 2 is 1.81 bits per heavy atom. The summed E-state index contributed by atoms with van der Waals surface area (Å²) in [4.78, 5) is 4.42. The summed E-state index contributed by atoms with van der Waals surface area (Å²) < 4.78 is 13.6. The van der Waals surface area contributed by atoms with Crippen LogP contribution in [0.1, 0.15) is 32.4 Å². The molecule has 1 heterocycles. The van der Waals surface area contributed by atoms with E-state index in [1.807, 2.05) is 18.2 Å². The fourth-order valence-electron chi connectivity index (χ4n) is 1.72. The van der Waals surface area contributed by atoms with Crippen LogP contribution in [0.25, 0.3) is 10.9 Å². The number of para-hydroxylation sites is 1. The number of pyridine rings is 1. The monoisotopic (exact) mass is 217 g/mol. The van der Waals surface area contributed by atoms with Crippen LogP contribution in [-0.2, 0) is 0 Å². The van der Waals surface area contributed by atoms with E-state index in [1.54, 1.807) is 6.07 Å². The lowest BCUT2D eigenvalue weighted by Gasteiger charge is -2.15. The molecule has 1 atom stereocenters. The first-order valence-corrected chi connectivity index (χ1v) is 5.64. The van der Waals surface area contributed by atoms with Gasteiger partial charge in [0, 0.05) is 17.0 Å². The van der Waals surface area contributed by atoms with Crippen LogP contribution in [0.4, 0.5) is 4.39 Å². The summed E-state index contributed by atoms with van der Waals surface area (Å²) in [6, 6.07) is 8.99. The molecule has 0 spiro atoms. The van der Waals surface area contributed by atoms with Gasteiger partial charge in [0.2, 0.25) is 0 Å². The largest absolute Gasteiger partial charge is 0.249 e. The summed E-state index contributed by atoms with van der Waals surface area (Å²) >= 11 is 0. The number of hydrogen-bond acceptors (Lipinski definition) is 1. The highest BCUT2D eigenvalue weighted by Gasteiger charge is 2.12. The van der Waals surface area contributed by atoms with Gasteiger partial charge in [-0.2, -0.15) is 0 Å². The van der Waals surface area contributed by atoms with Gasteiger partial charge >= 0.3 is 0 Å². The van der Waals surface area contributed by atoms with Crippen molar-refractivity contribution in [2.24, 2.45) is 5.92 Å². The number of rotatable bonds is 2. The summed E-state index contributed by atoms with van der Waals surface area (Å²) in [6.45, 7) is 6.43. The molecule has 1 aromatic carbocycles. The number of halogens is 1. The van der Waals surface area contributed by atoms with Crippen LogP contribution in [0, 0.1) is 11.7 Å². The summed E-state index contributed by atoms with van der Waals surface area (Å²) in [5.41, 5.74) is 1.44. The maximum absolute atomic E-state index is 13.6. The molecule has 2 rings (SSSR count). The molecule has 1 aromatic heterocycles. The first-order valence-electron chi connectivity index (χ1n) is 5.64. The summed E-state index contributed by atoms with van der Waals surface area (Å²) in [6.07, 6.45) is 0. The molecule has 0 amide bonds. The van der Waals surface area contributed by atoms with Crippen LogP contribution in [-0.4, -0.2) is 4.98 Å². The van der Waals surface area contributed by atoms with Crippen molar-refractivity contribution in [3.8, 4) is 0 Å². The Labute approximate surface area is 95.3 Å². The molecule has 0 saturated carbocycles. The van der Waals surface area contributed by atoms with E-state index < -0.39 is 0 Å². The average Bonchev–Trinajstić information content (AvgIpc) is 2.28. The molecule has 2 aromatic rings. The van der Waals surface area contributed by atoms with E-state index in [9.17, 15) is 4.39 Å². The highest BCUT2D eigenvalue weighted by atomic mass is 19.1. The van der Waals surface area contributed by atoms with Gasteiger partial charge in [0.1, 0.15) is 11.3 Å². The molecule has 1 nitrogen and oxygen atoms in total. The molecule has 0 fully saturated rings. The zero-order valence-electron chi connectivity index (χ0n) is 9.87. The first kappa shape index (κ1) is 11.1. The van der Waals surface area contributed by atoms with Crippen LogP contribution in [0.3, 0.4) is 0 Å². The van der Waals surface area contributed by atoms with Gasteiger partial charge in [-0.25, -0.2) is 9.37 Å². The molecule has 1 unspecified atom stereocenters. The number of hydrogen-bond donors (Lipinski definition) is 0. The smallest absolute Gasteiger partial charge is 0.149 e. The van der Waals surface area contributed by atoms with Gasteiger partial charge in [0.25, 0.3) is 0 Å². The molecule has 2 heteroatoms. The third-order valence-electron chi connectivity index (χ3n) is 3.16. The molecule has 0 aliphatic carbocycles. The Morgan fingerprint density at radius 1 is 1.06 bits per heavy atom. The van der Waals surface area contributed by atoms with Crippen LogP contribution in [0.2, 0.25) is 0 Å². The first-order chi connectivity index (χ1) is 7.59. The highest BCUT2D eigenvalue weighted by Crippen LogP contribution is 2.24. The number of nitrogens with zero attached hydrogens (tertiary/aromatic N) is 1. The Kier molecular flexibility index (Phi) is 2.90.